The molecule has 4 heteroatoms. The summed E-state index contributed by atoms with van der Waals surface area (Å²) in [7, 11) is 0. The van der Waals surface area contributed by atoms with E-state index in [1.807, 2.05) is 18.2 Å². The second-order valence-corrected chi connectivity index (χ2v) is 4.67. The summed E-state index contributed by atoms with van der Waals surface area (Å²) in [4.78, 5) is 11.8. The van der Waals surface area contributed by atoms with Crippen molar-refractivity contribution in [2.75, 3.05) is 18.5 Å². The maximum absolute atomic E-state index is 11.8. The Bertz CT molecular complexity index is 458. The molecule has 1 aromatic carbocycles. The number of amides is 1. The van der Waals surface area contributed by atoms with Crippen LogP contribution in [0, 0.1) is 11.8 Å². The average Bonchev–Trinajstić information content (AvgIpc) is 3.06. The molecule has 0 unspecified atom stereocenters. The first-order valence-corrected chi connectivity index (χ1v) is 5.94. The summed E-state index contributed by atoms with van der Waals surface area (Å²) in [5.74, 6) is 2.26. The Morgan fingerprint density at radius 3 is 2.71 bits per heavy atom. The minimum atomic E-state index is 0.106. The first kappa shape index (κ1) is 10.4. The van der Waals surface area contributed by atoms with Crippen molar-refractivity contribution in [1.29, 1.82) is 0 Å². The lowest BCUT2D eigenvalue weighted by Gasteiger charge is -2.19. The largest absolute Gasteiger partial charge is 0.486 e. The van der Waals surface area contributed by atoms with Gasteiger partial charge in [-0.05, 0) is 24.5 Å². The van der Waals surface area contributed by atoms with Crippen LogP contribution in [0.25, 0.3) is 0 Å². The summed E-state index contributed by atoms with van der Waals surface area (Å²) in [5, 5.41) is 2.91. The van der Waals surface area contributed by atoms with Gasteiger partial charge >= 0.3 is 0 Å². The smallest absolute Gasteiger partial charge is 0.227 e. The molecule has 4 nitrogen and oxygen atoms in total. The quantitative estimate of drug-likeness (QED) is 0.850. The van der Waals surface area contributed by atoms with Crippen molar-refractivity contribution in [2.45, 2.75) is 13.3 Å². The number of fused-ring (bicyclic) bond motifs is 1. The highest BCUT2D eigenvalue weighted by atomic mass is 16.6. The van der Waals surface area contributed by atoms with E-state index in [1.54, 1.807) is 0 Å². The maximum atomic E-state index is 11.8. The van der Waals surface area contributed by atoms with Crippen LogP contribution in [0.2, 0.25) is 0 Å². The molecule has 2 atom stereocenters. The van der Waals surface area contributed by atoms with E-state index in [4.69, 9.17) is 9.47 Å². The van der Waals surface area contributed by atoms with E-state index in [1.165, 1.54) is 0 Å². The topological polar surface area (TPSA) is 47.6 Å². The number of hydrogen-bond donors (Lipinski definition) is 1. The molecule has 0 saturated heterocycles. The predicted octanol–water partition coefficient (Wildman–Crippen LogP) is 2.05. The number of carbonyl (C=O) groups is 1. The Hall–Kier alpha value is -1.71. The molecule has 1 saturated carbocycles. The Labute approximate surface area is 99.9 Å². The third-order valence-corrected chi connectivity index (χ3v) is 3.26. The van der Waals surface area contributed by atoms with E-state index in [0.717, 1.165) is 17.9 Å². The van der Waals surface area contributed by atoms with Gasteiger partial charge in [0.15, 0.2) is 11.5 Å². The zero-order valence-corrected chi connectivity index (χ0v) is 9.73. The van der Waals surface area contributed by atoms with Crippen LogP contribution in [0.4, 0.5) is 5.69 Å². The number of benzene rings is 1. The van der Waals surface area contributed by atoms with Gasteiger partial charge < -0.3 is 14.8 Å². The van der Waals surface area contributed by atoms with Gasteiger partial charge in [-0.1, -0.05) is 6.92 Å². The van der Waals surface area contributed by atoms with Crippen LogP contribution in [0.3, 0.4) is 0 Å². The van der Waals surface area contributed by atoms with E-state index in [2.05, 4.69) is 12.2 Å². The molecule has 0 radical (unpaired) electrons. The molecule has 17 heavy (non-hydrogen) atoms. The zero-order chi connectivity index (χ0) is 11.8. The molecule has 1 amide bonds. The summed E-state index contributed by atoms with van der Waals surface area (Å²) in [6, 6.07) is 5.50. The van der Waals surface area contributed by atoms with E-state index >= 15 is 0 Å². The van der Waals surface area contributed by atoms with Crippen LogP contribution in [0.15, 0.2) is 18.2 Å². The van der Waals surface area contributed by atoms with Crippen molar-refractivity contribution in [3.8, 4) is 11.5 Å². The minimum Gasteiger partial charge on any atom is -0.486 e. The highest BCUT2D eigenvalue weighted by molar-refractivity contribution is 5.94. The third kappa shape index (κ3) is 2.07. The van der Waals surface area contributed by atoms with Crippen LogP contribution in [-0.2, 0) is 4.79 Å². The lowest BCUT2D eigenvalue weighted by molar-refractivity contribution is -0.117. The fraction of sp³-hybridized carbons (Fsp3) is 0.462. The number of ether oxygens (including phenoxy) is 2. The number of nitrogens with one attached hydrogen (secondary N) is 1. The average molecular weight is 233 g/mol. The first-order chi connectivity index (χ1) is 8.24. The lowest BCUT2D eigenvalue weighted by Crippen LogP contribution is -2.17. The number of anilines is 1. The van der Waals surface area contributed by atoms with Gasteiger partial charge in [0.25, 0.3) is 0 Å². The van der Waals surface area contributed by atoms with Crippen molar-refractivity contribution in [3.63, 3.8) is 0 Å². The van der Waals surface area contributed by atoms with Crippen LogP contribution in [-0.4, -0.2) is 19.1 Å². The van der Waals surface area contributed by atoms with E-state index in [9.17, 15) is 4.79 Å². The molecule has 0 aromatic heterocycles. The van der Waals surface area contributed by atoms with Crippen molar-refractivity contribution in [2.24, 2.45) is 11.8 Å². The third-order valence-electron chi connectivity index (χ3n) is 3.26. The lowest BCUT2D eigenvalue weighted by atomic mass is 10.2. The van der Waals surface area contributed by atoms with Gasteiger partial charge in [-0.25, -0.2) is 0 Å². The summed E-state index contributed by atoms with van der Waals surface area (Å²) in [6.45, 7) is 3.23. The summed E-state index contributed by atoms with van der Waals surface area (Å²) in [5.41, 5.74) is 0.776. The van der Waals surface area contributed by atoms with E-state index in [-0.39, 0.29) is 11.8 Å². The SMILES string of the molecule is C[C@H]1C[C@@H]1C(=O)Nc1ccc2c(c1)OCCO2. The van der Waals surface area contributed by atoms with Crippen molar-refractivity contribution in [3.05, 3.63) is 18.2 Å². The molecule has 1 aliphatic heterocycles. The van der Waals surface area contributed by atoms with Crippen LogP contribution < -0.4 is 14.8 Å². The molecule has 3 rings (SSSR count). The van der Waals surface area contributed by atoms with Crippen molar-refractivity contribution < 1.29 is 14.3 Å². The number of hydrogen-bond acceptors (Lipinski definition) is 3. The second kappa shape index (κ2) is 3.95. The highest BCUT2D eigenvalue weighted by Gasteiger charge is 2.39. The molecule has 1 fully saturated rings. The standard InChI is InChI=1S/C13H15NO3/c1-8-6-10(8)13(15)14-9-2-3-11-12(7-9)17-5-4-16-11/h2-3,7-8,10H,4-6H2,1H3,(H,14,15)/t8-,10-/m0/s1. The predicted molar refractivity (Wildman–Crippen MR) is 63.3 cm³/mol. The molecule has 1 heterocycles. The Balaban J connectivity index is 1.73. The molecular weight excluding hydrogens is 218 g/mol. The van der Waals surface area contributed by atoms with E-state index < -0.39 is 0 Å². The Kier molecular flexibility index (Phi) is 2.42. The van der Waals surface area contributed by atoms with Gasteiger partial charge in [0.05, 0.1) is 0 Å². The van der Waals surface area contributed by atoms with Crippen LogP contribution in [0.5, 0.6) is 11.5 Å². The van der Waals surface area contributed by atoms with Crippen molar-refractivity contribution in [1.82, 2.24) is 0 Å². The molecular formula is C13H15NO3. The van der Waals surface area contributed by atoms with Crippen molar-refractivity contribution >= 4 is 11.6 Å². The molecule has 0 bridgehead atoms. The highest BCUT2D eigenvalue weighted by Crippen LogP contribution is 2.39. The molecule has 1 aliphatic carbocycles. The first-order valence-electron chi connectivity index (χ1n) is 5.94. The van der Waals surface area contributed by atoms with Gasteiger partial charge in [-0.2, -0.15) is 0 Å². The van der Waals surface area contributed by atoms with Gasteiger partial charge in [0.1, 0.15) is 13.2 Å². The maximum Gasteiger partial charge on any atom is 0.227 e. The van der Waals surface area contributed by atoms with Gasteiger partial charge in [0, 0.05) is 17.7 Å². The summed E-state index contributed by atoms with van der Waals surface area (Å²) >= 11 is 0. The van der Waals surface area contributed by atoms with E-state index in [0.29, 0.717) is 24.9 Å². The van der Waals surface area contributed by atoms with Gasteiger partial charge in [-0.15, -0.1) is 0 Å². The summed E-state index contributed by atoms with van der Waals surface area (Å²) in [6.07, 6.45) is 0.996. The molecule has 90 valence electrons. The molecule has 1 N–H and O–H groups in total. The minimum absolute atomic E-state index is 0.106. The summed E-state index contributed by atoms with van der Waals surface area (Å²) < 4.78 is 10.9. The fourth-order valence-corrected chi connectivity index (χ4v) is 2.04. The molecule has 2 aliphatic rings. The normalized spacial score (nSPS) is 25.2. The number of rotatable bonds is 2. The molecule has 1 aromatic rings. The van der Waals surface area contributed by atoms with Gasteiger partial charge in [0.2, 0.25) is 5.91 Å². The second-order valence-electron chi connectivity index (χ2n) is 4.67. The van der Waals surface area contributed by atoms with Gasteiger partial charge in [-0.3, -0.25) is 4.79 Å². The van der Waals surface area contributed by atoms with Crippen LogP contribution >= 0.6 is 0 Å². The Morgan fingerprint density at radius 1 is 1.29 bits per heavy atom. The Morgan fingerprint density at radius 2 is 2.00 bits per heavy atom. The monoisotopic (exact) mass is 233 g/mol. The molecule has 0 spiro atoms. The van der Waals surface area contributed by atoms with Crippen LogP contribution in [0.1, 0.15) is 13.3 Å². The zero-order valence-electron chi connectivity index (χ0n) is 9.73. The number of carbonyl (C=O) groups excluding carboxylic acids is 1. The fourth-order valence-electron chi connectivity index (χ4n) is 2.04.